The summed E-state index contributed by atoms with van der Waals surface area (Å²) in [6.07, 6.45) is 5.96. The van der Waals surface area contributed by atoms with Crippen molar-refractivity contribution in [3.8, 4) is 0 Å². The summed E-state index contributed by atoms with van der Waals surface area (Å²) in [4.78, 5) is 20.3. The minimum atomic E-state index is -0.168. The van der Waals surface area contributed by atoms with E-state index in [1.54, 1.807) is 18.5 Å². The molecule has 0 bridgehead atoms. The highest BCUT2D eigenvalue weighted by molar-refractivity contribution is 5.93. The van der Waals surface area contributed by atoms with Crippen molar-refractivity contribution in [2.45, 2.75) is 13.3 Å². The molecule has 20 heavy (non-hydrogen) atoms. The normalized spacial score (nSPS) is 10.3. The van der Waals surface area contributed by atoms with Crippen LogP contribution >= 0.6 is 0 Å². The predicted molar refractivity (Wildman–Crippen MR) is 77.6 cm³/mol. The summed E-state index contributed by atoms with van der Waals surface area (Å²) in [5.74, 6) is 0.777. The van der Waals surface area contributed by atoms with Crippen LogP contribution in [-0.4, -0.2) is 33.5 Å². The lowest BCUT2D eigenvalue weighted by molar-refractivity contribution is 0.0949. The number of rotatable bonds is 6. The number of carbonyl (C=O) groups excluding carboxylic acids is 1. The van der Waals surface area contributed by atoms with Gasteiger partial charge in [0.25, 0.3) is 5.91 Å². The molecule has 2 aromatic heterocycles. The molecule has 2 N–H and O–H groups in total. The number of hydrogen-bond donors (Lipinski definition) is 2. The number of imidazole rings is 1. The van der Waals surface area contributed by atoms with Gasteiger partial charge in [-0.3, -0.25) is 9.78 Å². The summed E-state index contributed by atoms with van der Waals surface area (Å²) in [5, 5.41) is 6.01. The molecular formula is C14H19N5O. The Labute approximate surface area is 118 Å². The third-order valence-electron chi connectivity index (χ3n) is 2.93. The predicted octanol–water partition coefficient (Wildman–Crippen LogP) is 1.22. The summed E-state index contributed by atoms with van der Waals surface area (Å²) >= 11 is 0. The molecular weight excluding hydrogens is 254 g/mol. The Balaban J connectivity index is 1.88. The van der Waals surface area contributed by atoms with E-state index in [4.69, 9.17) is 0 Å². The molecule has 6 heteroatoms. The first-order chi connectivity index (χ1) is 9.70. The number of aromatic nitrogens is 3. The van der Waals surface area contributed by atoms with Gasteiger partial charge in [-0.05, 0) is 19.1 Å². The quantitative estimate of drug-likeness (QED) is 0.830. The van der Waals surface area contributed by atoms with Crippen molar-refractivity contribution in [2.24, 2.45) is 7.05 Å². The Morgan fingerprint density at radius 2 is 2.20 bits per heavy atom. The second-order valence-electron chi connectivity index (χ2n) is 4.42. The van der Waals surface area contributed by atoms with E-state index in [0.29, 0.717) is 18.7 Å². The molecule has 0 saturated carbocycles. The van der Waals surface area contributed by atoms with Crippen molar-refractivity contribution in [1.29, 1.82) is 0 Å². The zero-order valence-electron chi connectivity index (χ0n) is 11.8. The maximum Gasteiger partial charge on any atom is 0.269 e. The fourth-order valence-electron chi connectivity index (χ4n) is 1.88. The van der Waals surface area contributed by atoms with Crippen LogP contribution in [0, 0.1) is 0 Å². The van der Waals surface area contributed by atoms with Crippen LogP contribution in [0.5, 0.6) is 0 Å². The molecule has 0 unspecified atom stereocenters. The lowest BCUT2D eigenvalue weighted by Gasteiger charge is -2.07. The number of nitrogens with one attached hydrogen (secondary N) is 2. The number of amides is 1. The Bertz CT molecular complexity index is 578. The highest BCUT2D eigenvalue weighted by Gasteiger charge is 2.08. The second-order valence-corrected chi connectivity index (χ2v) is 4.42. The molecule has 2 rings (SSSR count). The first kappa shape index (κ1) is 14.0. The maximum absolute atomic E-state index is 12.0. The van der Waals surface area contributed by atoms with Crippen LogP contribution in [0.15, 0.2) is 30.7 Å². The van der Waals surface area contributed by atoms with Crippen LogP contribution in [0.3, 0.4) is 0 Å². The highest BCUT2D eigenvalue weighted by atomic mass is 16.1. The molecule has 0 atom stereocenters. The molecule has 0 fully saturated rings. The molecule has 6 nitrogen and oxygen atoms in total. The van der Waals surface area contributed by atoms with Crippen molar-refractivity contribution in [3.05, 3.63) is 42.2 Å². The van der Waals surface area contributed by atoms with E-state index in [0.717, 1.165) is 18.1 Å². The highest BCUT2D eigenvalue weighted by Crippen LogP contribution is 2.07. The van der Waals surface area contributed by atoms with Gasteiger partial charge in [-0.15, -0.1) is 0 Å². The smallest absolute Gasteiger partial charge is 0.269 e. The van der Waals surface area contributed by atoms with Gasteiger partial charge in [0.1, 0.15) is 11.5 Å². The fourth-order valence-corrected chi connectivity index (χ4v) is 1.88. The van der Waals surface area contributed by atoms with Crippen LogP contribution in [0.4, 0.5) is 5.69 Å². The number of aryl methyl sites for hydroxylation is 1. The Morgan fingerprint density at radius 1 is 1.35 bits per heavy atom. The molecule has 2 aromatic rings. The average Bonchev–Trinajstić information content (AvgIpc) is 2.85. The zero-order valence-corrected chi connectivity index (χ0v) is 11.8. The average molecular weight is 273 g/mol. The first-order valence-electron chi connectivity index (χ1n) is 6.65. The Morgan fingerprint density at radius 3 is 2.90 bits per heavy atom. The van der Waals surface area contributed by atoms with Crippen LogP contribution < -0.4 is 10.6 Å². The maximum atomic E-state index is 12.0. The van der Waals surface area contributed by atoms with Crippen molar-refractivity contribution in [1.82, 2.24) is 19.9 Å². The van der Waals surface area contributed by atoms with Gasteiger partial charge in [-0.25, -0.2) is 4.98 Å². The van der Waals surface area contributed by atoms with Gasteiger partial charge in [-0.2, -0.15) is 0 Å². The van der Waals surface area contributed by atoms with E-state index in [9.17, 15) is 4.79 Å². The van der Waals surface area contributed by atoms with Gasteiger partial charge in [-0.1, -0.05) is 0 Å². The minimum absolute atomic E-state index is 0.168. The number of anilines is 1. The van der Waals surface area contributed by atoms with E-state index in [1.807, 2.05) is 30.8 Å². The number of hydrogen-bond acceptors (Lipinski definition) is 4. The summed E-state index contributed by atoms with van der Waals surface area (Å²) in [5.41, 5.74) is 1.32. The molecule has 2 heterocycles. The van der Waals surface area contributed by atoms with Crippen LogP contribution in [0.25, 0.3) is 0 Å². The van der Waals surface area contributed by atoms with Gasteiger partial charge < -0.3 is 15.2 Å². The zero-order chi connectivity index (χ0) is 14.4. The van der Waals surface area contributed by atoms with E-state index in [2.05, 4.69) is 20.6 Å². The van der Waals surface area contributed by atoms with Crippen molar-refractivity contribution < 1.29 is 4.79 Å². The minimum Gasteiger partial charge on any atom is -0.385 e. The Kier molecular flexibility index (Phi) is 4.70. The summed E-state index contributed by atoms with van der Waals surface area (Å²) in [6.45, 7) is 3.36. The standard InChI is InChI=1S/C14H19N5O/c1-3-15-11-4-6-16-12(10-11)14(20)18-7-5-13-17-8-9-19(13)2/h4,6,8-10H,3,5,7H2,1-2H3,(H,15,16)(H,18,20). The second kappa shape index (κ2) is 6.70. The van der Waals surface area contributed by atoms with Crippen molar-refractivity contribution in [3.63, 3.8) is 0 Å². The van der Waals surface area contributed by atoms with E-state index in [-0.39, 0.29) is 5.91 Å². The largest absolute Gasteiger partial charge is 0.385 e. The SMILES string of the molecule is CCNc1ccnc(C(=O)NCCc2nccn2C)c1. The molecule has 0 aliphatic rings. The monoisotopic (exact) mass is 273 g/mol. The van der Waals surface area contributed by atoms with Crippen LogP contribution in [0.2, 0.25) is 0 Å². The lowest BCUT2D eigenvalue weighted by atomic mass is 10.3. The molecule has 106 valence electrons. The first-order valence-corrected chi connectivity index (χ1v) is 6.65. The van der Waals surface area contributed by atoms with E-state index < -0.39 is 0 Å². The third-order valence-corrected chi connectivity index (χ3v) is 2.93. The molecule has 0 aromatic carbocycles. The van der Waals surface area contributed by atoms with Crippen molar-refractivity contribution in [2.75, 3.05) is 18.4 Å². The van der Waals surface area contributed by atoms with E-state index >= 15 is 0 Å². The summed E-state index contributed by atoms with van der Waals surface area (Å²) in [7, 11) is 1.94. The lowest BCUT2D eigenvalue weighted by Crippen LogP contribution is -2.27. The Hall–Kier alpha value is -2.37. The molecule has 1 amide bonds. The number of carbonyl (C=O) groups is 1. The topological polar surface area (TPSA) is 71.8 Å². The van der Waals surface area contributed by atoms with Crippen LogP contribution in [0.1, 0.15) is 23.2 Å². The molecule has 0 aliphatic carbocycles. The summed E-state index contributed by atoms with van der Waals surface area (Å²) in [6, 6.07) is 3.59. The fraction of sp³-hybridized carbons (Fsp3) is 0.357. The molecule has 0 radical (unpaired) electrons. The third kappa shape index (κ3) is 3.57. The van der Waals surface area contributed by atoms with Gasteiger partial charge in [0.2, 0.25) is 0 Å². The molecule has 0 saturated heterocycles. The van der Waals surface area contributed by atoms with Crippen LogP contribution in [-0.2, 0) is 13.5 Å². The number of nitrogens with zero attached hydrogens (tertiary/aromatic N) is 3. The van der Waals surface area contributed by atoms with Crippen molar-refractivity contribution >= 4 is 11.6 Å². The van der Waals surface area contributed by atoms with Gasteiger partial charge in [0.15, 0.2) is 0 Å². The van der Waals surface area contributed by atoms with E-state index in [1.165, 1.54) is 0 Å². The molecule has 0 aliphatic heterocycles. The van der Waals surface area contributed by atoms with Gasteiger partial charge in [0.05, 0.1) is 0 Å². The number of pyridine rings is 1. The summed E-state index contributed by atoms with van der Waals surface area (Å²) < 4.78 is 1.94. The van der Waals surface area contributed by atoms with Gasteiger partial charge in [0, 0.05) is 50.8 Å². The molecule has 0 spiro atoms. The van der Waals surface area contributed by atoms with Gasteiger partial charge >= 0.3 is 0 Å².